The molecule has 0 radical (unpaired) electrons. The Morgan fingerprint density at radius 2 is 1.66 bits per heavy atom. The number of hydrogen-bond donors (Lipinski definition) is 1. The van der Waals surface area contributed by atoms with Gasteiger partial charge in [0, 0.05) is 5.92 Å². The molecule has 2 fully saturated rings. The van der Waals surface area contributed by atoms with E-state index in [0.717, 1.165) is 12.8 Å². The van der Waals surface area contributed by atoms with Crippen molar-refractivity contribution in [3.63, 3.8) is 0 Å². The molecule has 0 aromatic rings. The third-order valence-electron chi connectivity index (χ3n) is 6.66. The van der Waals surface area contributed by atoms with Crippen molar-refractivity contribution in [1.82, 2.24) is 0 Å². The van der Waals surface area contributed by atoms with E-state index < -0.39 is 28.8 Å². The summed E-state index contributed by atoms with van der Waals surface area (Å²) in [5.74, 6) is -3.27. The van der Waals surface area contributed by atoms with Crippen LogP contribution in [0, 0.1) is 29.1 Å². The van der Waals surface area contributed by atoms with Gasteiger partial charge in [-0.1, -0.05) is 44.1 Å². The van der Waals surface area contributed by atoms with Gasteiger partial charge in [-0.15, -0.1) is 0 Å². The first kappa shape index (κ1) is 23.3. The van der Waals surface area contributed by atoms with E-state index in [1.165, 1.54) is 11.1 Å². The standard InChI is InChI=1S/C25H36O4/c1-14(2)9-8-12-25(7)17(11-10-15(3)4)13-18-22(27)19(21(26)16(5)6)24(29)20(25)23(18)28/h9-10,16-18,20,26H,8,11-13H2,1-7H3/b21-19+/t17-,18-,20-,25+/m1/s1. The van der Waals surface area contributed by atoms with Crippen LogP contribution in [0.3, 0.4) is 0 Å². The van der Waals surface area contributed by atoms with Crippen LogP contribution in [0.25, 0.3) is 0 Å². The highest BCUT2D eigenvalue weighted by Crippen LogP contribution is 2.54. The van der Waals surface area contributed by atoms with Crippen molar-refractivity contribution in [3.05, 3.63) is 34.6 Å². The Morgan fingerprint density at radius 1 is 1.07 bits per heavy atom. The highest BCUT2D eigenvalue weighted by Gasteiger charge is 2.60. The third-order valence-corrected chi connectivity index (χ3v) is 6.66. The largest absolute Gasteiger partial charge is 0.511 e. The van der Waals surface area contributed by atoms with E-state index >= 15 is 0 Å². The molecule has 4 atom stereocenters. The Hall–Kier alpha value is -1.97. The minimum absolute atomic E-state index is 0.0753. The van der Waals surface area contributed by atoms with Crippen molar-refractivity contribution in [3.8, 4) is 0 Å². The minimum atomic E-state index is -0.851. The zero-order valence-electron chi connectivity index (χ0n) is 19.0. The molecule has 2 rings (SSSR count). The minimum Gasteiger partial charge on any atom is -0.511 e. The molecule has 0 aromatic heterocycles. The van der Waals surface area contributed by atoms with Crippen molar-refractivity contribution in [2.75, 3.05) is 0 Å². The zero-order chi connectivity index (χ0) is 22.1. The van der Waals surface area contributed by atoms with Crippen molar-refractivity contribution in [2.45, 2.75) is 74.1 Å². The van der Waals surface area contributed by atoms with E-state index in [1.54, 1.807) is 13.8 Å². The molecule has 0 unspecified atom stereocenters. The van der Waals surface area contributed by atoms with Gasteiger partial charge in [-0.3, -0.25) is 14.4 Å². The molecule has 0 amide bonds. The predicted octanol–water partition coefficient (Wildman–Crippen LogP) is 5.54. The van der Waals surface area contributed by atoms with Gasteiger partial charge in [-0.25, -0.2) is 0 Å². The van der Waals surface area contributed by atoms with Crippen molar-refractivity contribution in [2.24, 2.45) is 29.1 Å². The second-order valence-corrected chi connectivity index (χ2v) is 9.81. The number of Topliss-reactive ketones (excluding diaryl/α,β-unsaturated/α-hetero) is 3. The molecule has 160 valence electrons. The van der Waals surface area contributed by atoms with E-state index in [9.17, 15) is 19.5 Å². The van der Waals surface area contributed by atoms with Crippen LogP contribution in [0.15, 0.2) is 34.6 Å². The third kappa shape index (κ3) is 4.46. The first-order valence-electron chi connectivity index (χ1n) is 10.7. The smallest absolute Gasteiger partial charge is 0.180 e. The van der Waals surface area contributed by atoms with Crippen molar-refractivity contribution in [1.29, 1.82) is 0 Å². The number of hydrogen-bond acceptors (Lipinski definition) is 4. The van der Waals surface area contributed by atoms with E-state index in [4.69, 9.17) is 0 Å². The Bertz CT molecular complexity index is 788. The van der Waals surface area contributed by atoms with E-state index in [2.05, 4.69) is 12.2 Å². The normalized spacial score (nSPS) is 31.0. The highest BCUT2D eigenvalue weighted by atomic mass is 16.3. The summed E-state index contributed by atoms with van der Waals surface area (Å²) in [4.78, 5) is 39.6. The molecular formula is C25H36O4. The van der Waals surface area contributed by atoms with Gasteiger partial charge in [0.05, 0.1) is 17.4 Å². The predicted molar refractivity (Wildman–Crippen MR) is 115 cm³/mol. The van der Waals surface area contributed by atoms with Crippen LogP contribution in [0.5, 0.6) is 0 Å². The van der Waals surface area contributed by atoms with E-state index in [1.807, 2.05) is 34.6 Å². The summed E-state index contributed by atoms with van der Waals surface area (Å²) >= 11 is 0. The quantitative estimate of drug-likeness (QED) is 0.209. The molecule has 0 spiro atoms. The highest BCUT2D eigenvalue weighted by molar-refractivity contribution is 6.35. The van der Waals surface area contributed by atoms with Gasteiger partial charge in [0.25, 0.3) is 0 Å². The Kier molecular flexibility index (Phi) is 7.08. The monoisotopic (exact) mass is 400 g/mol. The lowest BCUT2D eigenvalue weighted by Gasteiger charge is -2.50. The van der Waals surface area contributed by atoms with Crippen molar-refractivity contribution < 1.29 is 19.5 Å². The van der Waals surface area contributed by atoms with Gasteiger partial charge < -0.3 is 5.11 Å². The van der Waals surface area contributed by atoms with Gasteiger partial charge in [0.15, 0.2) is 17.3 Å². The molecule has 0 aliphatic heterocycles. The Labute approximate surface area is 175 Å². The number of rotatable bonds is 6. The molecule has 0 saturated heterocycles. The molecule has 1 N–H and O–H groups in total. The summed E-state index contributed by atoms with van der Waals surface area (Å²) in [6.45, 7) is 13.7. The molecule has 4 heteroatoms. The molecule has 2 aliphatic carbocycles. The van der Waals surface area contributed by atoms with Gasteiger partial charge in [0.2, 0.25) is 0 Å². The summed E-state index contributed by atoms with van der Waals surface area (Å²) in [5, 5.41) is 10.5. The van der Waals surface area contributed by atoms with Gasteiger partial charge in [0.1, 0.15) is 5.76 Å². The number of fused-ring (bicyclic) bond motifs is 2. The maximum absolute atomic E-state index is 13.4. The summed E-state index contributed by atoms with van der Waals surface area (Å²) in [6, 6.07) is 0. The van der Waals surface area contributed by atoms with Crippen molar-refractivity contribution >= 4 is 17.3 Å². The molecule has 2 saturated carbocycles. The maximum atomic E-state index is 13.4. The summed E-state index contributed by atoms with van der Waals surface area (Å²) in [6.07, 6.45) is 6.98. The number of carbonyl (C=O) groups excluding carboxylic acids is 3. The second kappa shape index (κ2) is 8.81. The van der Waals surface area contributed by atoms with Crippen LogP contribution in [0.2, 0.25) is 0 Å². The van der Waals surface area contributed by atoms with Crippen LogP contribution in [-0.2, 0) is 14.4 Å². The molecule has 29 heavy (non-hydrogen) atoms. The average molecular weight is 401 g/mol. The molecule has 4 nitrogen and oxygen atoms in total. The fourth-order valence-electron chi connectivity index (χ4n) is 4.84. The summed E-state index contributed by atoms with van der Waals surface area (Å²) in [7, 11) is 0. The number of aliphatic hydroxyl groups excluding tert-OH is 1. The first-order chi connectivity index (χ1) is 13.4. The average Bonchev–Trinajstić information content (AvgIpc) is 2.59. The molecule has 0 aromatic carbocycles. The Balaban J connectivity index is 2.57. The second-order valence-electron chi connectivity index (χ2n) is 9.81. The fraction of sp³-hybridized carbons (Fsp3) is 0.640. The van der Waals surface area contributed by atoms with Crippen LogP contribution in [-0.4, -0.2) is 22.5 Å². The fourth-order valence-corrected chi connectivity index (χ4v) is 4.84. The molecular weight excluding hydrogens is 364 g/mol. The maximum Gasteiger partial charge on any atom is 0.180 e. The zero-order valence-corrected chi connectivity index (χ0v) is 19.0. The lowest BCUT2D eigenvalue weighted by Crippen LogP contribution is -2.58. The van der Waals surface area contributed by atoms with Crippen LogP contribution in [0.1, 0.15) is 74.1 Å². The van der Waals surface area contributed by atoms with Crippen LogP contribution >= 0.6 is 0 Å². The van der Waals surface area contributed by atoms with E-state index in [-0.39, 0.29) is 29.0 Å². The first-order valence-corrected chi connectivity index (χ1v) is 10.7. The number of allylic oxidation sites excluding steroid dienone is 6. The van der Waals surface area contributed by atoms with Gasteiger partial charge in [-0.05, 0) is 64.7 Å². The van der Waals surface area contributed by atoms with Gasteiger partial charge in [-0.2, -0.15) is 0 Å². The summed E-state index contributed by atoms with van der Waals surface area (Å²) in [5.41, 5.74) is 1.74. The lowest BCUT2D eigenvalue weighted by molar-refractivity contribution is -0.154. The number of aliphatic hydroxyl groups is 1. The lowest BCUT2D eigenvalue weighted by atomic mass is 9.50. The van der Waals surface area contributed by atoms with Gasteiger partial charge >= 0.3 is 0 Å². The van der Waals surface area contributed by atoms with E-state index in [0.29, 0.717) is 12.8 Å². The molecule has 2 aliphatic rings. The Morgan fingerprint density at radius 3 is 2.17 bits per heavy atom. The number of carbonyl (C=O) groups is 3. The topological polar surface area (TPSA) is 71.4 Å². The SMILES string of the molecule is CC(C)=CCC[C@@]1(C)[C@H](CC=C(C)C)C[C@@H]2C(=O)/C(=C(\O)C(C)C)C(=O)[C@H]1C2=O. The summed E-state index contributed by atoms with van der Waals surface area (Å²) < 4.78 is 0. The molecule has 0 heterocycles. The van der Waals surface area contributed by atoms with Crippen LogP contribution < -0.4 is 0 Å². The van der Waals surface area contributed by atoms with Crippen LogP contribution in [0.4, 0.5) is 0 Å². The molecule has 2 bridgehead atoms. The number of ketones is 3.